The molecule has 2 aromatic rings. The third-order valence-electron chi connectivity index (χ3n) is 4.72. The van der Waals surface area contributed by atoms with Crippen molar-refractivity contribution in [3.05, 3.63) is 64.6 Å². The number of benzene rings is 2. The molecular formula is C23H23N3O5S2. The van der Waals surface area contributed by atoms with Crippen LogP contribution in [0.2, 0.25) is 0 Å². The van der Waals surface area contributed by atoms with Gasteiger partial charge in [0.2, 0.25) is 5.91 Å². The van der Waals surface area contributed by atoms with Crippen molar-refractivity contribution >= 4 is 52.1 Å². The van der Waals surface area contributed by atoms with Crippen LogP contribution in [-0.2, 0) is 9.59 Å². The van der Waals surface area contributed by atoms with Crippen molar-refractivity contribution in [2.75, 3.05) is 20.8 Å². The van der Waals surface area contributed by atoms with E-state index in [9.17, 15) is 14.4 Å². The zero-order valence-electron chi connectivity index (χ0n) is 18.1. The van der Waals surface area contributed by atoms with Gasteiger partial charge in [0.25, 0.3) is 11.8 Å². The second-order valence-electron chi connectivity index (χ2n) is 6.92. The van der Waals surface area contributed by atoms with E-state index in [1.54, 1.807) is 62.8 Å². The van der Waals surface area contributed by atoms with E-state index in [2.05, 4.69) is 10.9 Å². The first-order valence-corrected chi connectivity index (χ1v) is 11.3. The van der Waals surface area contributed by atoms with Crippen molar-refractivity contribution in [1.29, 1.82) is 0 Å². The number of rotatable bonds is 8. The van der Waals surface area contributed by atoms with Crippen LogP contribution in [0, 0.1) is 0 Å². The first-order valence-electron chi connectivity index (χ1n) is 10.0. The Balaban J connectivity index is 1.50. The highest BCUT2D eigenvalue weighted by atomic mass is 32.2. The normalized spacial score (nSPS) is 14.4. The second kappa shape index (κ2) is 11.5. The number of carbonyl (C=O) groups excluding carboxylic acids is 3. The average Bonchev–Trinajstić information content (AvgIpc) is 3.10. The second-order valence-corrected chi connectivity index (χ2v) is 8.60. The summed E-state index contributed by atoms with van der Waals surface area (Å²) in [5, 5.41) is 0. The molecule has 0 bridgehead atoms. The van der Waals surface area contributed by atoms with Gasteiger partial charge < -0.3 is 9.47 Å². The first-order chi connectivity index (χ1) is 15.9. The molecule has 0 radical (unpaired) electrons. The number of carbonyl (C=O) groups is 3. The third-order valence-corrected chi connectivity index (χ3v) is 6.09. The molecule has 3 rings (SSSR count). The number of thiocarbonyl (C=S) groups is 1. The third kappa shape index (κ3) is 6.33. The number of hydrogen-bond donors (Lipinski definition) is 2. The summed E-state index contributed by atoms with van der Waals surface area (Å²) in [6.45, 7) is 0.300. The Kier molecular flexibility index (Phi) is 8.45. The number of methoxy groups -OCH3 is 2. The van der Waals surface area contributed by atoms with Crippen molar-refractivity contribution in [1.82, 2.24) is 15.8 Å². The highest BCUT2D eigenvalue weighted by Crippen LogP contribution is 2.34. The average molecular weight is 486 g/mol. The van der Waals surface area contributed by atoms with Crippen molar-refractivity contribution < 1.29 is 23.9 Å². The van der Waals surface area contributed by atoms with Crippen LogP contribution in [0.3, 0.4) is 0 Å². The van der Waals surface area contributed by atoms with E-state index < -0.39 is 5.91 Å². The van der Waals surface area contributed by atoms with Gasteiger partial charge in [0.05, 0.1) is 19.1 Å². The Morgan fingerprint density at radius 1 is 1.06 bits per heavy atom. The van der Waals surface area contributed by atoms with Crippen LogP contribution in [-0.4, -0.2) is 47.7 Å². The van der Waals surface area contributed by atoms with E-state index in [1.165, 1.54) is 16.7 Å². The van der Waals surface area contributed by atoms with Crippen molar-refractivity contribution in [2.45, 2.75) is 12.8 Å². The minimum Gasteiger partial charge on any atom is -0.493 e. The number of hydrogen-bond acceptors (Lipinski definition) is 7. The number of nitrogens with zero attached hydrogens (tertiary/aromatic N) is 1. The number of amides is 3. The number of ether oxygens (including phenoxy) is 2. The standard InChI is InChI=1S/C23H23N3O5S2/c1-30-17-11-10-15(13-18(17)31-2)14-19-22(29)26(23(32)33-19)12-6-9-20(27)24-25-21(28)16-7-4-3-5-8-16/h3-5,7-8,10-11,13-14H,6,9,12H2,1-2H3,(H,24,27)(H,25,28). The van der Waals surface area contributed by atoms with Gasteiger partial charge in [-0.05, 0) is 42.3 Å². The van der Waals surface area contributed by atoms with Crippen LogP contribution in [0.4, 0.5) is 0 Å². The lowest BCUT2D eigenvalue weighted by atomic mass is 10.2. The molecule has 0 atom stereocenters. The zero-order chi connectivity index (χ0) is 23.8. The topological polar surface area (TPSA) is 97.0 Å². The first kappa shape index (κ1) is 24.3. The van der Waals surface area contributed by atoms with E-state index in [0.717, 1.165) is 5.56 Å². The van der Waals surface area contributed by atoms with Gasteiger partial charge in [0.1, 0.15) is 4.32 Å². The SMILES string of the molecule is COc1ccc(C=C2SC(=S)N(CCCC(=O)NNC(=O)c3ccccc3)C2=O)cc1OC. The molecule has 33 heavy (non-hydrogen) atoms. The number of thioether (sulfide) groups is 1. The lowest BCUT2D eigenvalue weighted by molar-refractivity contribution is -0.124. The van der Waals surface area contributed by atoms with Gasteiger partial charge >= 0.3 is 0 Å². The summed E-state index contributed by atoms with van der Waals surface area (Å²) >= 11 is 6.55. The summed E-state index contributed by atoms with van der Waals surface area (Å²) in [7, 11) is 3.10. The molecule has 0 unspecified atom stereocenters. The molecule has 2 N–H and O–H groups in total. The van der Waals surface area contributed by atoms with Crippen LogP contribution >= 0.6 is 24.0 Å². The molecule has 0 spiro atoms. The molecule has 10 heteroatoms. The number of nitrogens with one attached hydrogen (secondary N) is 2. The highest BCUT2D eigenvalue weighted by Gasteiger charge is 2.31. The van der Waals surface area contributed by atoms with Gasteiger partial charge in [-0.3, -0.25) is 30.1 Å². The fourth-order valence-corrected chi connectivity index (χ4v) is 4.34. The molecule has 3 amide bonds. The summed E-state index contributed by atoms with van der Waals surface area (Å²) in [5.41, 5.74) is 5.97. The Bertz CT molecular complexity index is 1090. The Morgan fingerprint density at radius 2 is 1.79 bits per heavy atom. The fourth-order valence-electron chi connectivity index (χ4n) is 3.04. The molecule has 8 nitrogen and oxygen atoms in total. The van der Waals surface area contributed by atoms with Crippen LogP contribution in [0.5, 0.6) is 11.5 Å². The maximum absolute atomic E-state index is 12.8. The molecule has 0 aliphatic carbocycles. The lowest BCUT2D eigenvalue weighted by Crippen LogP contribution is -2.41. The summed E-state index contributed by atoms with van der Waals surface area (Å²) in [6.07, 6.45) is 2.26. The summed E-state index contributed by atoms with van der Waals surface area (Å²) in [5.74, 6) is 0.192. The molecule has 172 valence electrons. The quantitative estimate of drug-likeness (QED) is 0.337. The van der Waals surface area contributed by atoms with E-state index in [4.69, 9.17) is 21.7 Å². The smallest absolute Gasteiger partial charge is 0.269 e. The number of hydrazine groups is 1. The minimum atomic E-state index is -0.402. The van der Waals surface area contributed by atoms with Crippen molar-refractivity contribution in [3.8, 4) is 11.5 Å². The van der Waals surface area contributed by atoms with Crippen LogP contribution in [0.1, 0.15) is 28.8 Å². The Labute approximate surface area is 201 Å². The predicted octanol–water partition coefficient (Wildman–Crippen LogP) is 3.15. The monoisotopic (exact) mass is 485 g/mol. The van der Waals surface area contributed by atoms with E-state index in [0.29, 0.717) is 39.3 Å². The van der Waals surface area contributed by atoms with Gasteiger partial charge in [0.15, 0.2) is 11.5 Å². The van der Waals surface area contributed by atoms with E-state index in [1.807, 2.05) is 6.07 Å². The largest absolute Gasteiger partial charge is 0.493 e. The molecule has 1 fully saturated rings. The van der Waals surface area contributed by atoms with E-state index >= 15 is 0 Å². The van der Waals surface area contributed by atoms with Crippen molar-refractivity contribution in [3.63, 3.8) is 0 Å². The molecule has 0 saturated carbocycles. The fraction of sp³-hybridized carbons (Fsp3) is 0.217. The predicted molar refractivity (Wildman–Crippen MR) is 131 cm³/mol. The molecule has 1 aliphatic heterocycles. The Hall–Kier alpha value is -3.37. The molecule has 1 heterocycles. The minimum absolute atomic E-state index is 0.126. The van der Waals surface area contributed by atoms with Gasteiger partial charge in [-0.2, -0.15) is 0 Å². The maximum atomic E-state index is 12.8. The van der Waals surface area contributed by atoms with Gasteiger partial charge in [-0.1, -0.05) is 48.2 Å². The van der Waals surface area contributed by atoms with Crippen LogP contribution in [0.15, 0.2) is 53.4 Å². The van der Waals surface area contributed by atoms with Gasteiger partial charge in [-0.15, -0.1) is 0 Å². The van der Waals surface area contributed by atoms with Gasteiger partial charge in [0, 0.05) is 18.5 Å². The van der Waals surface area contributed by atoms with E-state index in [-0.39, 0.29) is 18.2 Å². The molecule has 1 saturated heterocycles. The Morgan fingerprint density at radius 3 is 2.48 bits per heavy atom. The van der Waals surface area contributed by atoms with Crippen LogP contribution < -0.4 is 20.3 Å². The lowest BCUT2D eigenvalue weighted by Gasteiger charge is -2.14. The maximum Gasteiger partial charge on any atom is 0.269 e. The van der Waals surface area contributed by atoms with Crippen molar-refractivity contribution in [2.24, 2.45) is 0 Å². The van der Waals surface area contributed by atoms with Crippen LogP contribution in [0.25, 0.3) is 6.08 Å². The summed E-state index contributed by atoms with van der Waals surface area (Å²) in [6, 6.07) is 13.9. The zero-order valence-corrected chi connectivity index (χ0v) is 19.8. The summed E-state index contributed by atoms with van der Waals surface area (Å²) in [4.78, 5) is 38.7. The van der Waals surface area contributed by atoms with Gasteiger partial charge in [-0.25, -0.2) is 0 Å². The molecule has 1 aliphatic rings. The molecule has 2 aromatic carbocycles. The summed E-state index contributed by atoms with van der Waals surface area (Å²) < 4.78 is 11.0. The highest BCUT2D eigenvalue weighted by molar-refractivity contribution is 8.26. The molecule has 0 aromatic heterocycles. The molecular weight excluding hydrogens is 462 g/mol.